The van der Waals surface area contributed by atoms with Crippen molar-refractivity contribution < 1.29 is 9.53 Å². The molecule has 0 bridgehead atoms. The Bertz CT molecular complexity index is 251. The van der Waals surface area contributed by atoms with Crippen LogP contribution in [0.25, 0.3) is 0 Å². The van der Waals surface area contributed by atoms with Gasteiger partial charge in [0.15, 0.2) is 0 Å². The highest BCUT2D eigenvalue weighted by atomic mass is 16.5. The Morgan fingerprint density at radius 3 is 2.59 bits per heavy atom. The number of ether oxygens (including phenoxy) is 1. The summed E-state index contributed by atoms with van der Waals surface area (Å²) in [6, 6.07) is 0.459. The van der Waals surface area contributed by atoms with Crippen LogP contribution in [0.4, 0.5) is 0 Å². The number of hydrogen-bond donors (Lipinski definition) is 1. The number of rotatable bonds is 4. The molecule has 0 aromatic rings. The quantitative estimate of drug-likeness (QED) is 0.607. The van der Waals surface area contributed by atoms with Gasteiger partial charge in [-0.3, -0.25) is 10.1 Å². The number of carbonyl (C=O) groups is 1. The van der Waals surface area contributed by atoms with Crippen molar-refractivity contribution in [1.29, 1.82) is 0 Å². The average molecular weight is 241 g/mol. The van der Waals surface area contributed by atoms with Gasteiger partial charge in [0.25, 0.3) is 0 Å². The molecule has 0 aliphatic heterocycles. The maximum Gasteiger partial charge on any atom is 0.325 e. The van der Waals surface area contributed by atoms with E-state index in [9.17, 15) is 4.79 Å². The van der Waals surface area contributed by atoms with Gasteiger partial charge in [0.05, 0.1) is 7.11 Å². The van der Waals surface area contributed by atoms with Gasteiger partial charge in [0.1, 0.15) is 5.54 Å². The zero-order valence-electron chi connectivity index (χ0n) is 11.7. The summed E-state index contributed by atoms with van der Waals surface area (Å²) in [4.78, 5) is 11.6. The Morgan fingerprint density at radius 1 is 1.29 bits per heavy atom. The van der Waals surface area contributed by atoms with Crippen molar-refractivity contribution in [1.82, 2.24) is 5.32 Å². The molecule has 3 heteroatoms. The molecular formula is C14H27NO2. The molecule has 0 spiro atoms. The van der Waals surface area contributed by atoms with Crippen LogP contribution in [0.5, 0.6) is 0 Å². The fourth-order valence-electron chi connectivity index (χ4n) is 2.76. The van der Waals surface area contributed by atoms with Crippen LogP contribution in [-0.4, -0.2) is 24.7 Å². The van der Waals surface area contributed by atoms with Gasteiger partial charge in [-0.15, -0.1) is 0 Å². The van der Waals surface area contributed by atoms with Gasteiger partial charge in [0, 0.05) is 6.04 Å². The summed E-state index contributed by atoms with van der Waals surface area (Å²) < 4.78 is 4.83. The van der Waals surface area contributed by atoms with E-state index >= 15 is 0 Å². The Balaban J connectivity index is 2.48. The SMILES string of the molecule is CCC1CCCC(NC(C)(C)C(=O)OC)CC1. The van der Waals surface area contributed by atoms with Crippen LogP contribution in [0.15, 0.2) is 0 Å². The minimum atomic E-state index is -0.564. The maximum atomic E-state index is 11.6. The van der Waals surface area contributed by atoms with Crippen LogP contribution in [0, 0.1) is 5.92 Å². The van der Waals surface area contributed by atoms with Crippen molar-refractivity contribution in [2.24, 2.45) is 5.92 Å². The molecule has 1 N–H and O–H groups in total. The largest absolute Gasteiger partial charge is 0.468 e. The third-order valence-corrected chi connectivity index (χ3v) is 3.93. The van der Waals surface area contributed by atoms with Crippen LogP contribution in [0.3, 0.4) is 0 Å². The Kier molecular flexibility index (Phi) is 5.44. The number of hydrogen-bond acceptors (Lipinski definition) is 3. The molecule has 100 valence electrons. The molecule has 2 unspecified atom stereocenters. The van der Waals surface area contributed by atoms with Crippen molar-refractivity contribution >= 4 is 5.97 Å². The normalized spacial score (nSPS) is 26.4. The van der Waals surface area contributed by atoms with Crippen molar-refractivity contribution in [3.05, 3.63) is 0 Å². The summed E-state index contributed by atoms with van der Waals surface area (Å²) in [5.74, 6) is 0.705. The van der Waals surface area contributed by atoms with Crippen molar-refractivity contribution in [3.63, 3.8) is 0 Å². The minimum Gasteiger partial charge on any atom is -0.468 e. The van der Waals surface area contributed by atoms with Crippen LogP contribution in [0.2, 0.25) is 0 Å². The Hall–Kier alpha value is -0.570. The summed E-state index contributed by atoms with van der Waals surface area (Å²) in [5, 5.41) is 3.46. The first-order valence-corrected chi connectivity index (χ1v) is 6.85. The van der Waals surface area contributed by atoms with Gasteiger partial charge >= 0.3 is 5.97 Å². The molecule has 3 nitrogen and oxygen atoms in total. The third-order valence-electron chi connectivity index (χ3n) is 3.93. The van der Waals surface area contributed by atoms with Crippen molar-refractivity contribution in [3.8, 4) is 0 Å². The lowest BCUT2D eigenvalue weighted by molar-refractivity contribution is -0.147. The molecule has 0 aromatic carbocycles. The van der Waals surface area contributed by atoms with Crippen LogP contribution >= 0.6 is 0 Å². The standard InChI is InChI=1S/C14H27NO2/c1-5-11-7-6-8-12(10-9-11)15-14(2,3)13(16)17-4/h11-12,15H,5-10H2,1-4H3. The van der Waals surface area contributed by atoms with Gasteiger partial charge in [0.2, 0.25) is 0 Å². The second-order valence-electron chi connectivity index (χ2n) is 5.74. The molecule has 1 saturated carbocycles. The molecule has 1 rings (SSSR count). The summed E-state index contributed by atoms with van der Waals surface area (Å²) in [6.45, 7) is 6.08. The van der Waals surface area contributed by atoms with Crippen molar-refractivity contribution in [2.75, 3.05) is 7.11 Å². The monoisotopic (exact) mass is 241 g/mol. The van der Waals surface area contributed by atoms with E-state index in [1.54, 1.807) is 0 Å². The predicted molar refractivity (Wildman–Crippen MR) is 69.9 cm³/mol. The van der Waals surface area contributed by atoms with Gasteiger partial charge in [-0.2, -0.15) is 0 Å². The molecule has 2 atom stereocenters. The van der Waals surface area contributed by atoms with Gasteiger partial charge in [-0.25, -0.2) is 0 Å². The lowest BCUT2D eigenvalue weighted by atomic mass is 9.97. The van der Waals surface area contributed by atoms with Crippen LogP contribution < -0.4 is 5.32 Å². The van der Waals surface area contributed by atoms with Gasteiger partial charge in [-0.05, 0) is 39.0 Å². The van der Waals surface area contributed by atoms with Crippen LogP contribution in [-0.2, 0) is 9.53 Å². The highest BCUT2D eigenvalue weighted by Crippen LogP contribution is 2.26. The Morgan fingerprint density at radius 2 is 2.00 bits per heavy atom. The molecule has 0 saturated heterocycles. The van der Waals surface area contributed by atoms with E-state index < -0.39 is 5.54 Å². The molecule has 1 aliphatic rings. The highest BCUT2D eigenvalue weighted by Gasteiger charge is 2.31. The Labute approximate surface area is 105 Å². The molecule has 0 radical (unpaired) electrons. The first-order valence-electron chi connectivity index (χ1n) is 6.85. The molecule has 0 amide bonds. The fraction of sp³-hybridized carbons (Fsp3) is 0.929. The molecule has 17 heavy (non-hydrogen) atoms. The molecular weight excluding hydrogens is 214 g/mol. The van der Waals surface area contributed by atoms with Crippen molar-refractivity contribution in [2.45, 2.75) is 70.9 Å². The lowest BCUT2D eigenvalue weighted by Crippen LogP contribution is -2.52. The first-order chi connectivity index (χ1) is 7.99. The molecule has 1 aliphatic carbocycles. The van der Waals surface area contributed by atoms with Gasteiger partial charge in [-0.1, -0.05) is 26.2 Å². The van der Waals surface area contributed by atoms with Crippen LogP contribution in [0.1, 0.15) is 59.3 Å². The van der Waals surface area contributed by atoms with Gasteiger partial charge < -0.3 is 4.74 Å². The topological polar surface area (TPSA) is 38.3 Å². The van der Waals surface area contributed by atoms with E-state index in [1.165, 1.54) is 45.6 Å². The maximum absolute atomic E-state index is 11.6. The molecule has 0 heterocycles. The van der Waals surface area contributed by atoms with E-state index in [4.69, 9.17) is 4.74 Å². The fourth-order valence-corrected chi connectivity index (χ4v) is 2.76. The molecule has 0 aromatic heterocycles. The van der Waals surface area contributed by atoms with E-state index in [2.05, 4.69) is 12.2 Å². The smallest absolute Gasteiger partial charge is 0.325 e. The zero-order valence-corrected chi connectivity index (χ0v) is 11.7. The second-order valence-corrected chi connectivity index (χ2v) is 5.74. The number of nitrogens with one attached hydrogen (secondary N) is 1. The first kappa shape index (κ1) is 14.5. The number of methoxy groups -OCH3 is 1. The molecule has 1 fully saturated rings. The average Bonchev–Trinajstić information content (AvgIpc) is 2.52. The highest BCUT2D eigenvalue weighted by molar-refractivity contribution is 5.79. The van der Waals surface area contributed by atoms with E-state index in [0.29, 0.717) is 6.04 Å². The van der Waals surface area contributed by atoms with E-state index in [-0.39, 0.29) is 5.97 Å². The second kappa shape index (κ2) is 6.39. The minimum absolute atomic E-state index is 0.172. The summed E-state index contributed by atoms with van der Waals surface area (Å²) >= 11 is 0. The number of carbonyl (C=O) groups excluding carboxylic acids is 1. The predicted octanol–water partition coefficient (Wildman–Crippen LogP) is 2.89. The van der Waals surface area contributed by atoms with E-state index in [1.807, 2.05) is 13.8 Å². The van der Waals surface area contributed by atoms with E-state index in [0.717, 1.165) is 5.92 Å². The summed E-state index contributed by atoms with van der Waals surface area (Å²) in [7, 11) is 1.45. The lowest BCUT2D eigenvalue weighted by Gasteiger charge is -2.29. The summed E-state index contributed by atoms with van der Waals surface area (Å²) in [6.07, 6.45) is 7.54. The summed E-state index contributed by atoms with van der Waals surface area (Å²) in [5.41, 5.74) is -0.564. The zero-order chi connectivity index (χ0) is 12.9. The third kappa shape index (κ3) is 4.30. The number of esters is 1.